The first-order chi connectivity index (χ1) is 7.93. The van der Waals surface area contributed by atoms with Crippen LogP contribution >= 0.6 is 58.5 Å². The molecule has 9 heteroatoms. The molecule has 0 aliphatic heterocycles. The van der Waals surface area contributed by atoms with Crippen LogP contribution < -0.4 is 5.73 Å². The number of phenolic OH excluding ortho intramolecular Hbond substituents is 2. The minimum atomic E-state index is -0.391. The van der Waals surface area contributed by atoms with Crippen LogP contribution in [0.25, 0.3) is 10.4 Å². The normalized spacial score (nSPS) is 10.2. The average Bonchev–Trinajstić information content (AvgIpc) is 2.71. The van der Waals surface area contributed by atoms with E-state index in [0.29, 0.717) is 10.0 Å². The van der Waals surface area contributed by atoms with Gasteiger partial charge in [-0.05, 0) is 0 Å². The smallest absolute Gasteiger partial charge is 0.180 e. The average molecular weight is 348 g/mol. The summed E-state index contributed by atoms with van der Waals surface area (Å²) < 4.78 is 0. The van der Waals surface area contributed by atoms with E-state index >= 15 is 0 Å². The van der Waals surface area contributed by atoms with E-state index in [-0.39, 0.29) is 38.8 Å². The van der Waals surface area contributed by atoms with Crippen molar-refractivity contribution >= 4 is 63.7 Å². The first-order valence-electron chi connectivity index (χ1n) is 4.23. The van der Waals surface area contributed by atoms with E-state index < -0.39 is 5.75 Å². The number of aromatic hydroxyl groups is 2. The van der Waals surface area contributed by atoms with Gasteiger partial charge in [0.1, 0.15) is 15.8 Å². The first kappa shape index (κ1) is 15.5. The molecule has 0 bridgehead atoms. The number of aromatic nitrogens is 1. The molecule has 0 fully saturated rings. The number of halogens is 4. The van der Waals surface area contributed by atoms with Gasteiger partial charge in [-0.3, -0.25) is 0 Å². The summed E-state index contributed by atoms with van der Waals surface area (Å²) in [6, 6.07) is 0. The number of phenols is 2. The fraction of sp³-hybridized carbons (Fsp3) is 0. The number of benzene rings is 1. The van der Waals surface area contributed by atoms with Crippen molar-refractivity contribution in [3.05, 3.63) is 21.3 Å². The minimum Gasteiger partial charge on any atom is -0.506 e. The van der Waals surface area contributed by atoms with Crippen LogP contribution in [0.15, 0.2) is 6.20 Å². The van der Waals surface area contributed by atoms with E-state index in [1.165, 1.54) is 6.20 Å². The molecule has 1 aromatic carbocycles. The van der Waals surface area contributed by atoms with Crippen molar-refractivity contribution in [1.82, 2.24) is 4.98 Å². The van der Waals surface area contributed by atoms with Gasteiger partial charge >= 0.3 is 0 Å². The lowest BCUT2D eigenvalue weighted by Crippen LogP contribution is -1.83. The van der Waals surface area contributed by atoms with Gasteiger partial charge in [-0.25, -0.2) is 4.98 Å². The summed E-state index contributed by atoms with van der Waals surface area (Å²) >= 11 is 18.5. The Labute approximate surface area is 127 Å². The maximum absolute atomic E-state index is 9.87. The molecule has 0 saturated heterocycles. The SMILES string of the molecule is Cl.Nc1ncc(-c2c(O)c(Cl)c(Cl)c(O)c2Cl)s1. The topological polar surface area (TPSA) is 79.4 Å². The van der Waals surface area contributed by atoms with Gasteiger partial charge in [0.2, 0.25) is 0 Å². The van der Waals surface area contributed by atoms with Crippen LogP contribution in [-0.4, -0.2) is 15.2 Å². The van der Waals surface area contributed by atoms with Crippen LogP contribution in [0.4, 0.5) is 5.13 Å². The quantitative estimate of drug-likeness (QED) is 0.534. The molecule has 0 saturated carbocycles. The third-order valence-corrected chi connectivity index (χ3v) is 4.09. The van der Waals surface area contributed by atoms with Crippen LogP contribution in [0.1, 0.15) is 0 Å². The molecule has 0 amide bonds. The van der Waals surface area contributed by atoms with E-state index in [4.69, 9.17) is 40.5 Å². The van der Waals surface area contributed by atoms with Crippen molar-refractivity contribution in [3.8, 4) is 21.9 Å². The van der Waals surface area contributed by atoms with Gasteiger partial charge in [0, 0.05) is 6.20 Å². The van der Waals surface area contributed by atoms with E-state index in [1.807, 2.05) is 0 Å². The van der Waals surface area contributed by atoms with Crippen LogP contribution in [0.5, 0.6) is 11.5 Å². The fourth-order valence-corrected chi connectivity index (χ4v) is 2.76. The maximum Gasteiger partial charge on any atom is 0.180 e. The number of nitrogens with zero attached hydrogens (tertiary/aromatic N) is 1. The molecular weight excluding hydrogens is 342 g/mol. The number of nitrogen functional groups attached to an aromatic ring is 1. The third kappa shape index (κ3) is 2.41. The monoisotopic (exact) mass is 346 g/mol. The van der Waals surface area contributed by atoms with Crippen LogP contribution in [0.2, 0.25) is 15.1 Å². The lowest BCUT2D eigenvalue weighted by atomic mass is 10.1. The van der Waals surface area contributed by atoms with Crippen molar-refractivity contribution in [2.24, 2.45) is 0 Å². The number of rotatable bonds is 1. The molecular formula is C9H6Cl4N2O2S. The molecule has 98 valence electrons. The molecule has 1 heterocycles. The van der Waals surface area contributed by atoms with E-state index in [2.05, 4.69) is 4.98 Å². The van der Waals surface area contributed by atoms with Gasteiger partial charge in [-0.2, -0.15) is 0 Å². The first-order valence-corrected chi connectivity index (χ1v) is 6.18. The van der Waals surface area contributed by atoms with E-state index in [9.17, 15) is 10.2 Å². The van der Waals surface area contributed by atoms with E-state index in [1.54, 1.807) is 0 Å². The highest BCUT2D eigenvalue weighted by Gasteiger charge is 2.23. The van der Waals surface area contributed by atoms with Gasteiger partial charge in [0.25, 0.3) is 0 Å². The molecule has 1 aromatic heterocycles. The predicted molar refractivity (Wildman–Crippen MR) is 77.6 cm³/mol. The zero-order valence-corrected chi connectivity index (χ0v) is 12.3. The van der Waals surface area contributed by atoms with Crippen molar-refractivity contribution in [2.75, 3.05) is 5.73 Å². The summed E-state index contributed by atoms with van der Waals surface area (Å²) in [4.78, 5) is 4.31. The van der Waals surface area contributed by atoms with Crippen molar-refractivity contribution in [3.63, 3.8) is 0 Å². The molecule has 2 rings (SSSR count). The lowest BCUT2D eigenvalue weighted by molar-refractivity contribution is 0.462. The molecule has 4 N–H and O–H groups in total. The van der Waals surface area contributed by atoms with Gasteiger partial charge in [-0.1, -0.05) is 46.1 Å². The molecule has 0 spiro atoms. The fourth-order valence-electron chi connectivity index (χ4n) is 1.26. The summed E-state index contributed by atoms with van der Waals surface area (Å²) in [5.74, 6) is -0.707. The summed E-state index contributed by atoms with van der Waals surface area (Å²) in [6.07, 6.45) is 1.42. The highest BCUT2D eigenvalue weighted by atomic mass is 35.5. The number of hydrogen-bond acceptors (Lipinski definition) is 5. The number of thiazole rings is 1. The van der Waals surface area contributed by atoms with E-state index in [0.717, 1.165) is 11.3 Å². The molecule has 4 nitrogen and oxygen atoms in total. The number of anilines is 1. The zero-order chi connectivity index (χ0) is 12.7. The molecule has 2 aromatic rings. The largest absolute Gasteiger partial charge is 0.506 e. The van der Waals surface area contributed by atoms with Crippen LogP contribution in [0.3, 0.4) is 0 Å². The highest BCUT2D eigenvalue weighted by molar-refractivity contribution is 7.18. The Morgan fingerprint density at radius 2 is 1.61 bits per heavy atom. The van der Waals surface area contributed by atoms with Gasteiger partial charge in [0.15, 0.2) is 10.9 Å². The second-order valence-corrected chi connectivity index (χ2v) is 5.27. The summed E-state index contributed by atoms with van der Waals surface area (Å²) in [5.41, 5.74) is 5.64. The molecule has 0 aliphatic rings. The molecule has 18 heavy (non-hydrogen) atoms. The van der Waals surface area contributed by atoms with Gasteiger partial charge < -0.3 is 15.9 Å². The van der Waals surface area contributed by atoms with Crippen molar-refractivity contribution < 1.29 is 10.2 Å². The van der Waals surface area contributed by atoms with Gasteiger partial charge in [0.05, 0.1) is 15.5 Å². The lowest BCUT2D eigenvalue weighted by Gasteiger charge is -2.10. The second kappa shape index (κ2) is 5.59. The van der Waals surface area contributed by atoms with Crippen molar-refractivity contribution in [1.29, 1.82) is 0 Å². The number of hydrogen-bond donors (Lipinski definition) is 3. The molecule has 0 aliphatic carbocycles. The molecule has 0 unspecified atom stereocenters. The Bertz CT molecular complexity index is 573. The van der Waals surface area contributed by atoms with Crippen LogP contribution in [-0.2, 0) is 0 Å². The Balaban J connectivity index is 0.00000162. The summed E-state index contributed by atoms with van der Waals surface area (Å²) in [5, 5.41) is 19.4. The predicted octanol–water partition coefficient (Wildman–Crippen LogP) is 4.19. The third-order valence-electron chi connectivity index (χ3n) is 2.04. The second-order valence-electron chi connectivity index (χ2n) is 3.08. The van der Waals surface area contributed by atoms with Gasteiger partial charge in [-0.15, -0.1) is 12.4 Å². The Morgan fingerprint density at radius 1 is 1.06 bits per heavy atom. The van der Waals surface area contributed by atoms with Crippen LogP contribution in [0, 0.1) is 0 Å². The molecule has 0 radical (unpaired) electrons. The Morgan fingerprint density at radius 3 is 2.11 bits per heavy atom. The summed E-state index contributed by atoms with van der Waals surface area (Å²) in [7, 11) is 0. The zero-order valence-electron chi connectivity index (χ0n) is 8.45. The standard InChI is InChI=1S/C9H5Cl3N2O2S.ClH/c10-4-3(2-1-14-9(13)17-2)7(15)5(11)6(12)8(4)16;/h1,15-16H,(H2,13,14);1H. The minimum absolute atomic E-state index is 0. The van der Waals surface area contributed by atoms with Crippen molar-refractivity contribution in [2.45, 2.75) is 0 Å². The Hall–Kier alpha value is -0.590. The highest BCUT2D eigenvalue weighted by Crippen LogP contribution is 2.51. The Kier molecular flexibility index (Phi) is 4.80. The molecule has 0 atom stereocenters. The summed E-state index contributed by atoms with van der Waals surface area (Å²) in [6.45, 7) is 0. The number of nitrogens with two attached hydrogens (primary N) is 1. The maximum atomic E-state index is 9.87.